The van der Waals surface area contributed by atoms with Gasteiger partial charge in [-0.3, -0.25) is 4.57 Å². The molecule has 2 atom stereocenters. The van der Waals surface area contributed by atoms with Gasteiger partial charge in [-0.1, -0.05) is 50.3 Å². The topological polar surface area (TPSA) is 64.6 Å². The van der Waals surface area contributed by atoms with Gasteiger partial charge in [-0.2, -0.15) is 26.3 Å². The summed E-state index contributed by atoms with van der Waals surface area (Å²) in [5.74, 6) is -5.71. The minimum absolute atomic E-state index is 0.0336. The van der Waals surface area contributed by atoms with Crippen molar-refractivity contribution in [2.24, 2.45) is 7.05 Å². The lowest BCUT2D eigenvalue weighted by molar-refractivity contribution is -0.274. The molecule has 1 heterocycles. The minimum Gasteiger partial charge on any atom is -0.497 e. The number of aromatic nitrogens is 1. The van der Waals surface area contributed by atoms with Crippen molar-refractivity contribution in [1.29, 1.82) is 0 Å². The van der Waals surface area contributed by atoms with Gasteiger partial charge in [0.1, 0.15) is 5.75 Å². The SMILES string of the molecule is COc1ccc(C(C)C(O)(c2ccc3oc(=O)n(C)c3c2)C(F)(F)F)c(Cl)c1.C[Si](C)(C)C(F)(F)F. The molecule has 0 radical (unpaired) electrons. The molecule has 2 unspecified atom stereocenters. The number of aliphatic hydroxyl groups is 1. The van der Waals surface area contributed by atoms with Crippen LogP contribution in [0.25, 0.3) is 11.1 Å². The first-order valence-electron chi connectivity index (χ1n) is 10.5. The Labute approximate surface area is 209 Å². The third kappa shape index (κ3) is 5.75. The molecule has 200 valence electrons. The van der Waals surface area contributed by atoms with Crippen LogP contribution in [0, 0.1) is 0 Å². The third-order valence-electron chi connectivity index (χ3n) is 5.81. The molecule has 2 aromatic carbocycles. The van der Waals surface area contributed by atoms with Crippen molar-refractivity contribution in [2.75, 3.05) is 7.11 Å². The van der Waals surface area contributed by atoms with E-state index in [2.05, 4.69) is 0 Å². The average Bonchev–Trinajstić information content (AvgIpc) is 3.04. The van der Waals surface area contributed by atoms with Crippen molar-refractivity contribution in [1.82, 2.24) is 4.57 Å². The Morgan fingerprint density at radius 1 is 1.06 bits per heavy atom. The fourth-order valence-electron chi connectivity index (χ4n) is 3.23. The van der Waals surface area contributed by atoms with E-state index in [-0.39, 0.29) is 21.7 Å². The summed E-state index contributed by atoms with van der Waals surface area (Å²) in [6.07, 6.45) is -5.02. The van der Waals surface area contributed by atoms with Gasteiger partial charge < -0.3 is 14.3 Å². The molecule has 1 aromatic heterocycles. The van der Waals surface area contributed by atoms with Gasteiger partial charge in [-0.25, -0.2) is 4.79 Å². The lowest BCUT2D eigenvalue weighted by Gasteiger charge is -2.37. The van der Waals surface area contributed by atoms with E-state index < -0.39 is 42.9 Å². The van der Waals surface area contributed by atoms with E-state index in [4.69, 9.17) is 20.8 Å². The number of rotatable bonds is 4. The summed E-state index contributed by atoms with van der Waals surface area (Å²) in [7, 11) is -0.0814. The van der Waals surface area contributed by atoms with E-state index in [1.807, 2.05) is 0 Å². The van der Waals surface area contributed by atoms with Crippen molar-refractivity contribution in [3.8, 4) is 5.75 Å². The molecule has 0 saturated heterocycles. The molecule has 0 aliphatic heterocycles. The first-order chi connectivity index (χ1) is 16.3. The van der Waals surface area contributed by atoms with E-state index in [0.29, 0.717) is 5.75 Å². The van der Waals surface area contributed by atoms with Crippen molar-refractivity contribution < 1.29 is 40.6 Å². The number of fused-ring (bicyclic) bond motifs is 1. The van der Waals surface area contributed by atoms with E-state index >= 15 is 0 Å². The van der Waals surface area contributed by atoms with Crippen molar-refractivity contribution in [3.05, 3.63) is 63.1 Å². The molecule has 0 fully saturated rings. The van der Waals surface area contributed by atoms with Crippen LogP contribution in [-0.2, 0) is 12.6 Å². The predicted octanol–water partition coefficient (Wildman–Crippen LogP) is 6.77. The largest absolute Gasteiger partial charge is 0.497 e. The van der Waals surface area contributed by atoms with Gasteiger partial charge in [0.05, 0.1) is 12.6 Å². The first-order valence-corrected chi connectivity index (χ1v) is 14.4. The average molecular weight is 558 g/mol. The number of hydrogen-bond acceptors (Lipinski definition) is 4. The van der Waals surface area contributed by atoms with Crippen LogP contribution < -0.4 is 10.5 Å². The zero-order chi connectivity index (χ0) is 27.9. The van der Waals surface area contributed by atoms with Gasteiger partial charge in [0.25, 0.3) is 0 Å². The summed E-state index contributed by atoms with van der Waals surface area (Å²) < 4.78 is 88.2. The first kappa shape index (κ1) is 29.8. The number of oxazole rings is 1. The smallest absolute Gasteiger partial charge is 0.422 e. The van der Waals surface area contributed by atoms with Gasteiger partial charge in [0.2, 0.25) is 0 Å². The second kappa shape index (κ2) is 10.1. The van der Waals surface area contributed by atoms with E-state index in [1.165, 1.54) is 65.0 Å². The molecular weight excluding hydrogens is 532 g/mol. The van der Waals surface area contributed by atoms with Crippen molar-refractivity contribution >= 4 is 30.8 Å². The maximum Gasteiger partial charge on any atom is 0.422 e. The molecule has 0 amide bonds. The quantitative estimate of drug-likeness (QED) is 0.284. The Morgan fingerprint density at radius 3 is 2.06 bits per heavy atom. The monoisotopic (exact) mass is 557 g/mol. The van der Waals surface area contributed by atoms with Crippen LogP contribution in [0.4, 0.5) is 26.3 Å². The second-order valence-electron chi connectivity index (χ2n) is 9.23. The number of alkyl halides is 6. The van der Waals surface area contributed by atoms with Crippen LogP contribution in [0.1, 0.15) is 24.0 Å². The summed E-state index contributed by atoms with van der Waals surface area (Å²) in [4.78, 5) is 11.6. The molecule has 0 saturated carbocycles. The van der Waals surface area contributed by atoms with Gasteiger partial charge in [0, 0.05) is 18.0 Å². The van der Waals surface area contributed by atoms with E-state index in [0.717, 1.165) is 16.7 Å². The number of methoxy groups -OCH3 is 1. The van der Waals surface area contributed by atoms with Gasteiger partial charge in [-0.05, 0) is 35.4 Å². The summed E-state index contributed by atoms with van der Waals surface area (Å²) >= 11 is 6.15. The van der Waals surface area contributed by atoms with Crippen LogP contribution in [-0.4, -0.2) is 36.8 Å². The molecule has 3 rings (SSSR count). The molecular formula is C23H26ClF6NO4Si. The Kier molecular flexibility index (Phi) is 8.39. The standard InChI is InChI=1S/C19H17ClF3NO4.C4H9F3Si/c1-10(13-6-5-12(27-3)9-14(13)20)18(26,19(21,22)23)11-4-7-16-15(8-11)24(2)17(25)28-16;1-8(2,3)4(5,6)7/h4-10,26H,1-3H3;1-3H3. The zero-order valence-electron chi connectivity index (χ0n) is 20.3. The molecule has 0 aliphatic rings. The Bertz CT molecular complexity index is 1270. The number of nitrogens with zero attached hydrogens (tertiary/aromatic N) is 1. The van der Waals surface area contributed by atoms with Gasteiger partial charge >= 0.3 is 17.7 Å². The number of halogens is 7. The molecule has 13 heteroatoms. The highest BCUT2D eigenvalue weighted by molar-refractivity contribution is 6.77. The number of hydrogen-bond donors (Lipinski definition) is 1. The zero-order valence-corrected chi connectivity index (χ0v) is 22.1. The van der Waals surface area contributed by atoms with Crippen molar-refractivity contribution in [3.63, 3.8) is 0 Å². The molecule has 0 aliphatic carbocycles. The minimum atomic E-state index is -5.02. The van der Waals surface area contributed by atoms with Crippen LogP contribution in [0.2, 0.25) is 24.7 Å². The normalized spacial score (nSPS) is 15.2. The van der Waals surface area contributed by atoms with Crippen LogP contribution in [0.15, 0.2) is 45.6 Å². The lowest BCUT2D eigenvalue weighted by Crippen LogP contribution is -2.46. The molecule has 0 bridgehead atoms. The third-order valence-corrected chi connectivity index (χ3v) is 7.84. The highest BCUT2D eigenvalue weighted by Gasteiger charge is 2.59. The molecule has 0 spiro atoms. The fraction of sp³-hybridized carbons (Fsp3) is 0.435. The van der Waals surface area contributed by atoms with Crippen LogP contribution in [0.3, 0.4) is 0 Å². The molecule has 5 nitrogen and oxygen atoms in total. The highest BCUT2D eigenvalue weighted by Crippen LogP contribution is 2.50. The predicted molar refractivity (Wildman–Crippen MR) is 127 cm³/mol. The summed E-state index contributed by atoms with van der Waals surface area (Å²) in [5.41, 5.74) is -3.33. The van der Waals surface area contributed by atoms with E-state index in [1.54, 1.807) is 0 Å². The molecule has 36 heavy (non-hydrogen) atoms. The second-order valence-corrected chi connectivity index (χ2v) is 14.7. The van der Waals surface area contributed by atoms with Gasteiger partial charge in [-0.15, -0.1) is 0 Å². The highest BCUT2D eigenvalue weighted by atomic mass is 35.5. The van der Waals surface area contributed by atoms with Crippen LogP contribution in [0.5, 0.6) is 5.75 Å². The lowest BCUT2D eigenvalue weighted by atomic mass is 9.77. The molecule has 1 N–H and O–H groups in total. The maximum atomic E-state index is 14.1. The number of ether oxygens (including phenoxy) is 1. The van der Waals surface area contributed by atoms with Gasteiger partial charge in [0.15, 0.2) is 19.3 Å². The van der Waals surface area contributed by atoms with Crippen LogP contribution >= 0.6 is 11.6 Å². The summed E-state index contributed by atoms with van der Waals surface area (Å²) in [6, 6.07) is 7.65. The van der Waals surface area contributed by atoms with E-state index in [9.17, 15) is 36.2 Å². The fourth-order valence-corrected chi connectivity index (χ4v) is 3.57. The Hall–Kier alpha value is -2.44. The Morgan fingerprint density at radius 2 is 1.61 bits per heavy atom. The Balaban J connectivity index is 0.000000493. The number of benzene rings is 2. The summed E-state index contributed by atoms with van der Waals surface area (Å²) in [6.45, 7) is 5.09. The maximum absolute atomic E-state index is 14.1. The molecule has 3 aromatic rings. The number of aryl methyl sites for hydroxylation is 1. The summed E-state index contributed by atoms with van der Waals surface area (Å²) in [5, 5.41) is 10.9. The van der Waals surface area contributed by atoms with Crippen molar-refractivity contribution in [2.45, 2.75) is 50.1 Å².